The molecule has 0 atom stereocenters. The molecular weight excluding hydrogens is 410 g/mol. The predicted molar refractivity (Wildman–Crippen MR) is 120 cm³/mol. The van der Waals surface area contributed by atoms with E-state index in [4.69, 9.17) is 14.2 Å². The van der Waals surface area contributed by atoms with Crippen molar-refractivity contribution in [3.05, 3.63) is 59.7 Å². The maximum absolute atomic E-state index is 13.6. The van der Waals surface area contributed by atoms with Crippen LogP contribution >= 0.6 is 0 Å². The third kappa shape index (κ3) is 3.56. The molecule has 32 heavy (non-hydrogen) atoms. The fourth-order valence-corrected chi connectivity index (χ4v) is 3.82. The maximum Gasteiger partial charge on any atom is 0.308 e. The van der Waals surface area contributed by atoms with Gasteiger partial charge in [-0.2, -0.15) is 0 Å². The van der Waals surface area contributed by atoms with Gasteiger partial charge in [0.2, 0.25) is 0 Å². The van der Waals surface area contributed by atoms with Crippen LogP contribution in [0.15, 0.2) is 48.5 Å². The lowest BCUT2D eigenvalue weighted by molar-refractivity contribution is -0.131. The molecule has 0 N–H and O–H groups in total. The summed E-state index contributed by atoms with van der Waals surface area (Å²) in [5, 5.41) is 1.41. The monoisotopic (exact) mass is 433 g/mol. The Morgan fingerprint density at radius 1 is 0.906 bits per heavy atom. The van der Waals surface area contributed by atoms with Crippen molar-refractivity contribution in [1.29, 1.82) is 0 Å². The Morgan fingerprint density at radius 2 is 1.47 bits per heavy atom. The Bertz CT molecular complexity index is 1230. The summed E-state index contributed by atoms with van der Waals surface area (Å²) in [6.45, 7) is 7.19. The zero-order valence-corrected chi connectivity index (χ0v) is 18.3. The van der Waals surface area contributed by atoms with Crippen LogP contribution in [0.25, 0.3) is 10.8 Å². The molecule has 3 aromatic rings. The second-order valence-electron chi connectivity index (χ2n) is 7.59. The highest BCUT2D eigenvalue weighted by Crippen LogP contribution is 2.46. The van der Waals surface area contributed by atoms with Gasteiger partial charge in [-0.05, 0) is 45.0 Å². The molecule has 2 amide bonds. The van der Waals surface area contributed by atoms with Crippen LogP contribution in [-0.4, -0.2) is 30.5 Å². The predicted octanol–water partition coefficient (Wildman–Crippen LogP) is 4.75. The van der Waals surface area contributed by atoms with Gasteiger partial charge in [0.15, 0.2) is 0 Å². The van der Waals surface area contributed by atoms with E-state index < -0.39 is 17.8 Å². The van der Waals surface area contributed by atoms with Gasteiger partial charge in [-0.25, -0.2) is 4.90 Å². The first-order chi connectivity index (χ1) is 15.3. The van der Waals surface area contributed by atoms with Crippen LogP contribution in [-0.2, 0) is 4.79 Å². The normalized spacial score (nSPS) is 13.0. The van der Waals surface area contributed by atoms with Crippen LogP contribution < -0.4 is 19.1 Å². The lowest BCUT2D eigenvalue weighted by Crippen LogP contribution is -2.29. The van der Waals surface area contributed by atoms with Crippen molar-refractivity contribution in [2.45, 2.75) is 33.8 Å². The number of amides is 2. The molecule has 0 saturated heterocycles. The number of carbonyl (C=O) groups is 3. The van der Waals surface area contributed by atoms with Gasteiger partial charge in [-0.15, -0.1) is 0 Å². The Hall–Kier alpha value is -3.87. The lowest BCUT2D eigenvalue weighted by atomic mass is 9.99. The number of nitrogens with zero attached hydrogens (tertiary/aromatic N) is 1. The van der Waals surface area contributed by atoms with Crippen LogP contribution in [0.4, 0.5) is 5.69 Å². The summed E-state index contributed by atoms with van der Waals surface area (Å²) < 4.78 is 17.0. The van der Waals surface area contributed by atoms with Crippen LogP contribution in [0.3, 0.4) is 0 Å². The summed E-state index contributed by atoms with van der Waals surface area (Å²) in [6.07, 6.45) is -0.208. The number of anilines is 1. The molecule has 7 nitrogen and oxygen atoms in total. The van der Waals surface area contributed by atoms with E-state index in [0.29, 0.717) is 40.3 Å². The van der Waals surface area contributed by atoms with Crippen LogP contribution in [0.2, 0.25) is 0 Å². The minimum absolute atomic E-state index is 0.190. The van der Waals surface area contributed by atoms with Gasteiger partial charge in [-0.3, -0.25) is 14.4 Å². The van der Waals surface area contributed by atoms with Gasteiger partial charge in [0.05, 0.1) is 29.5 Å². The van der Waals surface area contributed by atoms with Crippen molar-refractivity contribution >= 4 is 34.2 Å². The van der Waals surface area contributed by atoms with Crippen LogP contribution in [0, 0.1) is 0 Å². The first kappa shape index (κ1) is 21.4. The highest BCUT2D eigenvalue weighted by Gasteiger charge is 2.43. The summed E-state index contributed by atoms with van der Waals surface area (Å²) >= 11 is 0. The zero-order valence-electron chi connectivity index (χ0n) is 18.3. The quantitative estimate of drug-likeness (QED) is 0.317. The topological polar surface area (TPSA) is 82.1 Å². The van der Waals surface area contributed by atoms with E-state index >= 15 is 0 Å². The van der Waals surface area contributed by atoms with E-state index in [0.717, 1.165) is 4.90 Å². The van der Waals surface area contributed by atoms with E-state index in [2.05, 4.69) is 0 Å². The third-order valence-corrected chi connectivity index (χ3v) is 4.95. The highest BCUT2D eigenvalue weighted by atomic mass is 16.5. The van der Waals surface area contributed by atoms with Crippen molar-refractivity contribution in [3.8, 4) is 17.2 Å². The van der Waals surface area contributed by atoms with Crippen LogP contribution in [0.1, 0.15) is 48.4 Å². The minimum atomic E-state index is -0.493. The Morgan fingerprint density at radius 3 is 2.00 bits per heavy atom. The van der Waals surface area contributed by atoms with Gasteiger partial charge in [0.25, 0.3) is 11.8 Å². The molecule has 0 aromatic heterocycles. The molecule has 0 unspecified atom stereocenters. The van der Waals surface area contributed by atoms with Crippen molar-refractivity contribution in [1.82, 2.24) is 0 Å². The van der Waals surface area contributed by atoms with E-state index in [9.17, 15) is 14.4 Å². The molecule has 3 aromatic carbocycles. The standard InChI is InChI=1S/C25H23NO6/c1-5-30-22-18-8-6-7-9-19(18)23(31-14(2)3)21-20(22)24(28)26(25(21)29)16-10-12-17(13-11-16)32-15(4)27/h6-14H,5H2,1-4H3. The number of esters is 1. The number of benzene rings is 3. The largest absolute Gasteiger partial charge is 0.492 e. The second-order valence-corrected chi connectivity index (χ2v) is 7.59. The summed E-state index contributed by atoms with van der Waals surface area (Å²) in [5.74, 6) is -0.386. The number of hydrogen-bond donors (Lipinski definition) is 0. The summed E-state index contributed by atoms with van der Waals surface area (Å²) in [6, 6.07) is 13.6. The molecule has 1 heterocycles. The number of ether oxygens (including phenoxy) is 3. The molecule has 164 valence electrons. The maximum atomic E-state index is 13.6. The molecule has 1 aliphatic rings. The van der Waals surface area contributed by atoms with Gasteiger partial charge in [-0.1, -0.05) is 24.3 Å². The Labute approximate surface area is 185 Å². The van der Waals surface area contributed by atoms with Gasteiger partial charge in [0.1, 0.15) is 17.2 Å². The molecule has 0 bridgehead atoms. The fourth-order valence-electron chi connectivity index (χ4n) is 3.82. The first-order valence-electron chi connectivity index (χ1n) is 10.4. The highest BCUT2D eigenvalue weighted by molar-refractivity contribution is 6.38. The number of fused-ring (bicyclic) bond motifs is 2. The number of rotatable bonds is 6. The van der Waals surface area contributed by atoms with Crippen molar-refractivity contribution in [3.63, 3.8) is 0 Å². The van der Waals surface area contributed by atoms with Gasteiger partial charge in [0, 0.05) is 17.7 Å². The molecule has 0 fully saturated rings. The van der Waals surface area contributed by atoms with E-state index in [1.807, 2.05) is 45.0 Å². The molecule has 0 aliphatic carbocycles. The van der Waals surface area contributed by atoms with Crippen molar-refractivity contribution in [2.75, 3.05) is 11.5 Å². The minimum Gasteiger partial charge on any atom is -0.492 e. The zero-order chi connectivity index (χ0) is 23.0. The van der Waals surface area contributed by atoms with Crippen LogP contribution in [0.5, 0.6) is 17.2 Å². The van der Waals surface area contributed by atoms with Crippen molar-refractivity contribution < 1.29 is 28.6 Å². The Balaban J connectivity index is 1.91. The lowest BCUT2D eigenvalue weighted by Gasteiger charge is -2.18. The van der Waals surface area contributed by atoms with Gasteiger partial charge >= 0.3 is 5.97 Å². The SMILES string of the molecule is CCOc1c2c(c(OC(C)C)c3ccccc13)C(=O)N(c1ccc(OC(C)=O)cc1)C2=O. The fraction of sp³-hybridized carbons (Fsp3) is 0.240. The second kappa shape index (κ2) is 8.34. The molecular formula is C25H23NO6. The number of carbonyl (C=O) groups excluding carboxylic acids is 3. The number of imide groups is 1. The molecule has 7 heteroatoms. The van der Waals surface area contributed by atoms with Crippen molar-refractivity contribution in [2.24, 2.45) is 0 Å². The van der Waals surface area contributed by atoms with E-state index in [-0.39, 0.29) is 17.2 Å². The third-order valence-electron chi connectivity index (χ3n) is 4.95. The molecule has 0 radical (unpaired) electrons. The van der Waals surface area contributed by atoms with E-state index in [1.165, 1.54) is 19.1 Å². The molecule has 0 saturated carbocycles. The Kier molecular flexibility index (Phi) is 5.57. The molecule has 0 spiro atoms. The number of hydrogen-bond acceptors (Lipinski definition) is 6. The van der Waals surface area contributed by atoms with Gasteiger partial charge < -0.3 is 14.2 Å². The average Bonchev–Trinajstić information content (AvgIpc) is 3.01. The summed E-state index contributed by atoms with van der Waals surface area (Å²) in [5.41, 5.74) is 0.735. The molecule has 4 rings (SSSR count). The average molecular weight is 433 g/mol. The summed E-state index contributed by atoms with van der Waals surface area (Å²) in [4.78, 5) is 39.4. The summed E-state index contributed by atoms with van der Waals surface area (Å²) in [7, 11) is 0. The first-order valence-corrected chi connectivity index (χ1v) is 10.4. The smallest absolute Gasteiger partial charge is 0.308 e. The molecule has 1 aliphatic heterocycles. The van der Waals surface area contributed by atoms with E-state index in [1.54, 1.807) is 12.1 Å².